The van der Waals surface area contributed by atoms with E-state index < -0.39 is 0 Å². The second kappa shape index (κ2) is 5.80. The first kappa shape index (κ1) is 13.4. The molecule has 0 spiro atoms. The molecule has 0 bridgehead atoms. The molecule has 3 nitrogen and oxygen atoms in total. The third-order valence-electron chi connectivity index (χ3n) is 4.10. The van der Waals surface area contributed by atoms with Crippen LogP contribution in [0.2, 0.25) is 0 Å². The van der Waals surface area contributed by atoms with Crippen LogP contribution in [-0.2, 0) is 13.5 Å². The van der Waals surface area contributed by atoms with Crippen molar-refractivity contribution >= 4 is 0 Å². The number of nitrogens with zero attached hydrogens (tertiary/aromatic N) is 2. The SMILES string of the molecule is Cc1ccccc1C(CNC1CC1)Cc1cnn(C)c1. The minimum atomic E-state index is 0.529. The molecular formula is C17H23N3. The lowest BCUT2D eigenvalue weighted by Gasteiger charge is -2.19. The van der Waals surface area contributed by atoms with Gasteiger partial charge in [0, 0.05) is 31.7 Å². The van der Waals surface area contributed by atoms with Gasteiger partial charge in [-0.25, -0.2) is 0 Å². The van der Waals surface area contributed by atoms with E-state index in [9.17, 15) is 0 Å². The van der Waals surface area contributed by atoms with Crippen LogP contribution in [-0.4, -0.2) is 22.4 Å². The number of hydrogen-bond acceptors (Lipinski definition) is 2. The summed E-state index contributed by atoms with van der Waals surface area (Å²) in [4.78, 5) is 0. The van der Waals surface area contributed by atoms with Crippen molar-refractivity contribution in [3.05, 3.63) is 53.3 Å². The highest BCUT2D eigenvalue weighted by molar-refractivity contribution is 5.31. The minimum absolute atomic E-state index is 0.529. The topological polar surface area (TPSA) is 29.9 Å². The van der Waals surface area contributed by atoms with Crippen molar-refractivity contribution in [2.75, 3.05) is 6.54 Å². The van der Waals surface area contributed by atoms with Crippen LogP contribution in [0.25, 0.3) is 0 Å². The van der Waals surface area contributed by atoms with Crippen molar-refractivity contribution in [3.63, 3.8) is 0 Å². The van der Waals surface area contributed by atoms with E-state index >= 15 is 0 Å². The number of rotatable bonds is 6. The quantitative estimate of drug-likeness (QED) is 0.874. The zero-order valence-corrected chi connectivity index (χ0v) is 12.3. The van der Waals surface area contributed by atoms with E-state index in [4.69, 9.17) is 0 Å². The third-order valence-corrected chi connectivity index (χ3v) is 4.10. The van der Waals surface area contributed by atoms with E-state index in [1.54, 1.807) is 0 Å². The molecule has 3 rings (SSSR count). The molecule has 1 saturated carbocycles. The third kappa shape index (κ3) is 3.28. The maximum absolute atomic E-state index is 4.29. The molecule has 1 aromatic heterocycles. The Morgan fingerprint density at radius 3 is 2.80 bits per heavy atom. The summed E-state index contributed by atoms with van der Waals surface area (Å²) in [5, 5.41) is 7.97. The molecule has 0 aliphatic heterocycles. The monoisotopic (exact) mass is 269 g/mol. The Kier molecular flexibility index (Phi) is 3.88. The number of aryl methyl sites for hydroxylation is 2. The van der Waals surface area contributed by atoms with Crippen LogP contribution >= 0.6 is 0 Å². The Hall–Kier alpha value is -1.61. The fourth-order valence-electron chi connectivity index (χ4n) is 2.80. The molecule has 0 amide bonds. The van der Waals surface area contributed by atoms with Gasteiger partial charge in [-0.1, -0.05) is 24.3 Å². The molecule has 1 atom stereocenters. The molecule has 1 heterocycles. The van der Waals surface area contributed by atoms with Crippen molar-refractivity contribution in [1.82, 2.24) is 15.1 Å². The number of nitrogens with one attached hydrogen (secondary N) is 1. The Balaban J connectivity index is 1.77. The van der Waals surface area contributed by atoms with Gasteiger partial charge in [0.25, 0.3) is 0 Å². The highest BCUT2D eigenvalue weighted by Crippen LogP contribution is 2.25. The second-order valence-corrected chi connectivity index (χ2v) is 5.96. The molecule has 1 fully saturated rings. The molecular weight excluding hydrogens is 246 g/mol. The number of aromatic nitrogens is 2. The second-order valence-electron chi connectivity index (χ2n) is 5.96. The average molecular weight is 269 g/mol. The molecule has 1 unspecified atom stereocenters. The van der Waals surface area contributed by atoms with Crippen LogP contribution in [0, 0.1) is 6.92 Å². The van der Waals surface area contributed by atoms with E-state index in [-0.39, 0.29) is 0 Å². The van der Waals surface area contributed by atoms with E-state index in [0.29, 0.717) is 5.92 Å². The van der Waals surface area contributed by atoms with Crippen molar-refractivity contribution < 1.29 is 0 Å². The molecule has 1 aromatic carbocycles. The average Bonchev–Trinajstić information content (AvgIpc) is 3.18. The first-order valence-corrected chi connectivity index (χ1v) is 7.49. The summed E-state index contributed by atoms with van der Waals surface area (Å²) in [5.41, 5.74) is 4.17. The summed E-state index contributed by atoms with van der Waals surface area (Å²) in [6.07, 6.45) is 7.85. The first-order valence-electron chi connectivity index (χ1n) is 7.49. The summed E-state index contributed by atoms with van der Waals surface area (Å²) in [7, 11) is 1.98. The van der Waals surface area contributed by atoms with Crippen LogP contribution in [0.5, 0.6) is 0 Å². The molecule has 1 N–H and O–H groups in total. The fraction of sp³-hybridized carbons (Fsp3) is 0.471. The van der Waals surface area contributed by atoms with Gasteiger partial charge in [0.2, 0.25) is 0 Å². The van der Waals surface area contributed by atoms with Gasteiger partial charge < -0.3 is 5.32 Å². The van der Waals surface area contributed by atoms with E-state index in [1.165, 1.54) is 29.5 Å². The van der Waals surface area contributed by atoms with Crippen LogP contribution < -0.4 is 5.32 Å². The van der Waals surface area contributed by atoms with Crippen molar-refractivity contribution in [1.29, 1.82) is 0 Å². The predicted molar refractivity (Wildman–Crippen MR) is 81.9 cm³/mol. The summed E-state index contributed by atoms with van der Waals surface area (Å²) >= 11 is 0. The molecule has 0 saturated heterocycles. The lowest BCUT2D eigenvalue weighted by Crippen LogP contribution is -2.25. The standard InChI is InChI=1S/C17H23N3/c1-13-5-3-4-6-17(13)15(11-18-16-7-8-16)9-14-10-19-20(2)12-14/h3-6,10,12,15-16,18H,7-9,11H2,1-2H3. The Morgan fingerprint density at radius 1 is 1.35 bits per heavy atom. The van der Waals surface area contributed by atoms with Gasteiger partial charge in [-0.05, 0) is 42.9 Å². The van der Waals surface area contributed by atoms with Crippen molar-refractivity contribution in [3.8, 4) is 0 Å². The Morgan fingerprint density at radius 2 is 2.15 bits per heavy atom. The number of benzene rings is 1. The predicted octanol–water partition coefficient (Wildman–Crippen LogP) is 2.81. The maximum Gasteiger partial charge on any atom is 0.0521 e. The van der Waals surface area contributed by atoms with Crippen LogP contribution in [0.15, 0.2) is 36.7 Å². The van der Waals surface area contributed by atoms with E-state index in [1.807, 2.05) is 17.9 Å². The molecule has 2 aromatic rings. The van der Waals surface area contributed by atoms with Gasteiger partial charge in [-0.2, -0.15) is 5.10 Å². The lowest BCUT2D eigenvalue weighted by molar-refractivity contribution is 0.575. The van der Waals surface area contributed by atoms with Gasteiger partial charge in [0.15, 0.2) is 0 Å². The highest BCUT2D eigenvalue weighted by Gasteiger charge is 2.23. The summed E-state index contributed by atoms with van der Waals surface area (Å²) < 4.78 is 1.89. The lowest BCUT2D eigenvalue weighted by atomic mass is 9.90. The minimum Gasteiger partial charge on any atom is -0.313 e. The molecule has 0 radical (unpaired) electrons. The molecule has 1 aliphatic rings. The van der Waals surface area contributed by atoms with Gasteiger partial charge in [-0.15, -0.1) is 0 Å². The zero-order valence-electron chi connectivity index (χ0n) is 12.3. The zero-order chi connectivity index (χ0) is 13.9. The van der Waals surface area contributed by atoms with Gasteiger partial charge in [0.05, 0.1) is 6.20 Å². The molecule has 20 heavy (non-hydrogen) atoms. The van der Waals surface area contributed by atoms with E-state index in [2.05, 4.69) is 47.8 Å². The van der Waals surface area contributed by atoms with E-state index in [0.717, 1.165) is 19.0 Å². The first-order chi connectivity index (χ1) is 9.72. The van der Waals surface area contributed by atoms with Gasteiger partial charge in [-0.3, -0.25) is 4.68 Å². The molecule has 3 heteroatoms. The molecule has 106 valence electrons. The van der Waals surface area contributed by atoms with Crippen LogP contribution in [0.3, 0.4) is 0 Å². The van der Waals surface area contributed by atoms with Gasteiger partial charge in [0.1, 0.15) is 0 Å². The van der Waals surface area contributed by atoms with Crippen LogP contribution in [0.1, 0.15) is 35.4 Å². The largest absolute Gasteiger partial charge is 0.313 e. The van der Waals surface area contributed by atoms with Crippen molar-refractivity contribution in [2.24, 2.45) is 7.05 Å². The number of hydrogen-bond donors (Lipinski definition) is 1. The van der Waals surface area contributed by atoms with Crippen molar-refractivity contribution in [2.45, 2.75) is 38.1 Å². The van der Waals surface area contributed by atoms with Crippen LogP contribution in [0.4, 0.5) is 0 Å². The smallest absolute Gasteiger partial charge is 0.0521 e. The Bertz CT molecular complexity index is 569. The summed E-state index contributed by atoms with van der Waals surface area (Å²) in [6, 6.07) is 9.51. The van der Waals surface area contributed by atoms with Gasteiger partial charge >= 0.3 is 0 Å². The maximum atomic E-state index is 4.29. The summed E-state index contributed by atoms with van der Waals surface area (Å²) in [6.45, 7) is 3.27. The Labute approximate surface area is 121 Å². The summed E-state index contributed by atoms with van der Waals surface area (Å²) in [5.74, 6) is 0.529. The normalized spacial score (nSPS) is 16.3. The molecule has 1 aliphatic carbocycles. The highest BCUT2D eigenvalue weighted by atomic mass is 15.2. The fourth-order valence-corrected chi connectivity index (χ4v) is 2.80.